The highest BCUT2D eigenvalue weighted by molar-refractivity contribution is 6.21. The van der Waals surface area contributed by atoms with Gasteiger partial charge in [0.1, 0.15) is 0 Å². The quantitative estimate of drug-likeness (QED) is 0.672. The van der Waals surface area contributed by atoms with Crippen molar-refractivity contribution in [2.45, 2.75) is 25.8 Å². The Morgan fingerprint density at radius 2 is 1.94 bits per heavy atom. The largest absolute Gasteiger partial charge is 0.493 e. The average Bonchev–Trinajstić information content (AvgIpc) is 3.31. The third kappa shape index (κ3) is 3.42. The Morgan fingerprint density at radius 1 is 1.10 bits per heavy atom. The van der Waals surface area contributed by atoms with Gasteiger partial charge in [0.2, 0.25) is 0 Å². The minimum absolute atomic E-state index is 0.0584. The van der Waals surface area contributed by atoms with Gasteiger partial charge in [-0.3, -0.25) is 4.79 Å². The van der Waals surface area contributed by atoms with Gasteiger partial charge < -0.3 is 24.3 Å². The number of amides is 1. The highest BCUT2D eigenvalue weighted by Crippen LogP contribution is 2.40. The van der Waals surface area contributed by atoms with Crippen molar-refractivity contribution < 1.29 is 18.4 Å². The van der Waals surface area contributed by atoms with Crippen LogP contribution in [-0.2, 0) is 11.3 Å². The maximum Gasteiger partial charge on any atom is 0.255 e. The Morgan fingerprint density at radius 3 is 2.74 bits per heavy atom. The second-order valence-electron chi connectivity index (χ2n) is 8.00. The molecule has 2 aromatic carbocycles. The molecule has 6 nitrogen and oxygen atoms in total. The van der Waals surface area contributed by atoms with E-state index in [4.69, 9.17) is 13.6 Å². The maximum absolute atomic E-state index is 13.7. The number of fused-ring (bicyclic) bond motifs is 2. The van der Waals surface area contributed by atoms with E-state index >= 15 is 0 Å². The number of carbonyl (C=O) groups is 1. The van der Waals surface area contributed by atoms with Gasteiger partial charge in [-0.2, -0.15) is 0 Å². The number of aromatic amines is 1. The number of likely N-dealkylation sites (tertiary alicyclic amines) is 1. The summed E-state index contributed by atoms with van der Waals surface area (Å²) in [7, 11) is -1.15. The molecule has 0 bridgehead atoms. The number of nitrogens with zero attached hydrogens (tertiary/aromatic N) is 2. The summed E-state index contributed by atoms with van der Waals surface area (Å²) in [6.45, 7) is 1.93. The van der Waals surface area contributed by atoms with Crippen molar-refractivity contribution in [3.05, 3.63) is 59.9 Å². The second-order valence-corrected chi connectivity index (χ2v) is 8.00. The highest BCUT2D eigenvalue weighted by Gasteiger charge is 2.29. The van der Waals surface area contributed by atoms with Gasteiger partial charge in [-0.15, -0.1) is 0 Å². The average molecular weight is 421 g/mol. The molecule has 1 fully saturated rings. The van der Waals surface area contributed by atoms with Gasteiger partial charge in [-0.05, 0) is 60.7 Å². The Hall–Kier alpha value is -3.41. The number of aromatic nitrogens is 1. The second kappa shape index (κ2) is 8.02. The van der Waals surface area contributed by atoms with Crippen LogP contribution in [-0.4, -0.2) is 43.0 Å². The van der Waals surface area contributed by atoms with Crippen LogP contribution in [0.25, 0.3) is 16.5 Å². The highest BCUT2D eigenvalue weighted by atomic mass is 16.5. The molecule has 1 aromatic heterocycles. The number of methoxy groups -OCH3 is 2. The van der Waals surface area contributed by atoms with Crippen LogP contribution < -0.4 is 14.4 Å². The van der Waals surface area contributed by atoms with Crippen LogP contribution in [0, 0.1) is 0 Å². The lowest BCUT2D eigenvalue weighted by molar-refractivity contribution is -0.125. The number of hydrogen-bond acceptors (Lipinski definition) is 4. The molecule has 2 aliphatic heterocycles. The third-order valence-electron chi connectivity index (χ3n) is 6.17. The van der Waals surface area contributed by atoms with E-state index in [-0.39, 0.29) is 11.7 Å². The van der Waals surface area contributed by atoms with Crippen molar-refractivity contribution in [2.75, 3.05) is 32.1 Å². The van der Waals surface area contributed by atoms with Crippen LogP contribution in [0.15, 0.2) is 48.8 Å². The molecule has 1 N–H and O–H groups in total. The van der Waals surface area contributed by atoms with E-state index in [9.17, 15) is 4.79 Å². The number of piperidine rings is 1. The first-order valence-corrected chi connectivity index (χ1v) is 10.6. The number of carbonyl (C=O) groups excluding carboxylic acids is 1. The lowest BCUT2D eigenvalue weighted by Crippen LogP contribution is -2.37. The van der Waals surface area contributed by atoms with Crippen LogP contribution in [0.1, 0.15) is 34.5 Å². The number of hydrogen-bond donors (Lipinski definition) is 1. The fourth-order valence-corrected chi connectivity index (χ4v) is 4.59. The van der Waals surface area contributed by atoms with Gasteiger partial charge in [-0.1, -0.05) is 6.07 Å². The molecule has 31 heavy (non-hydrogen) atoms. The number of rotatable bonds is 4. The van der Waals surface area contributed by atoms with Crippen LogP contribution in [0.2, 0.25) is 0 Å². The molecule has 0 saturated carbocycles. The summed E-state index contributed by atoms with van der Waals surface area (Å²) in [6, 6.07) is 11.5. The predicted molar refractivity (Wildman–Crippen MR) is 122 cm³/mol. The van der Waals surface area contributed by atoms with E-state index in [0.29, 0.717) is 36.5 Å². The molecule has 160 valence electrons. The van der Waals surface area contributed by atoms with Crippen LogP contribution in [0.4, 0.5) is 5.69 Å². The smallest absolute Gasteiger partial charge is 0.255 e. The number of anilines is 1. The van der Waals surface area contributed by atoms with E-state index in [1.165, 1.54) is 7.11 Å². The molecule has 0 radical (unpaired) electrons. The van der Waals surface area contributed by atoms with E-state index in [1.54, 1.807) is 12.1 Å². The first kappa shape index (κ1) is 16.3. The summed E-state index contributed by atoms with van der Waals surface area (Å²) in [5.41, 5.74) is 4.06. The number of H-pyrrole nitrogens is 1. The molecule has 1 amide bonds. The van der Waals surface area contributed by atoms with Crippen molar-refractivity contribution in [1.82, 2.24) is 9.88 Å². The van der Waals surface area contributed by atoms with Gasteiger partial charge in [0.05, 0.1) is 29.5 Å². The molecule has 0 spiro atoms. The molecule has 3 heterocycles. The molecule has 3 aromatic rings. The van der Waals surface area contributed by atoms with Crippen molar-refractivity contribution >= 4 is 28.1 Å². The molecule has 5 rings (SSSR count). The molecule has 6 heteroatoms. The molecule has 2 aliphatic rings. The first-order chi connectivity index (χ1) is 16.3. The molecule has 0 unspecified atom stereocenters. The molecular formula is C25H27N3O3. The zero-order valence-corrected chi connectivity index (χ0v) is 17.5. The summed E-state index contributed by atoms with van der Waals surface area (Å²) < 4.78 is 33.3. The lowest BCUT2D eigenvalue weighted by atomic mass is 9.93. The minimum atomic E-state index is -2.63. The van der Waals surface area contributed by atoms with Crippen LogP contribution >= 0.6 is 0 Å². The Kier molecular flexibility index (Phi) is 4.22. The summed E-state index contributed by atoms with van der Waals surface area (Å²) >= 11 is 0. The van der Waals surface area contributed by atoms with Gasteiger partial charge in [0, 0.05) is 42.9 Å². The standard InChI is InChI=1S/C25H27N3O3/c1-30-23-13-17-15-28(22-8-6-7-21-18(22)9-10-26-21)16-20(19(17)14-24(23)31-2)25(29)27-11-4-3-5-12-27/h6-10,13-14,16,26H,3-5,11-12,15H2,1-2H3/i2D3. The fraction of sp³-hybridized carbons (Fsp3) is 0.320. The third-order valence-corrected chi connectivity index (χ3v) is 6.17. The zero-order valence-electron chi connectivity index (χ0n) is 20.5. The van der Waals surface area contributed by atoms with Crippen molar-refractivity contribution in [3.63, 3.8) is 0 Å². The van der Waals surface area contributed by atoms with Gasteiger partial charge >= 0.3 is 0 Å². The summed E-state index contributed by atoms with van der Waals surface area (Å²) in [4.78, 5) is 20.9. The fourth-order valence-electron chi connectivity index (χ4n) is 4.59. The summed E-state index contributed by atoms with van der Waals surface area (Å²) in [5.74, 6) is 0.359. The Labute approximate surface area is 186 Å². The van der Waals surface area contributed by atoms with Crippen molar-refractivity contribution in [1.29, 1.82) is 0 Å². The molecule has 0 aliphatic carbocycles. The van der Waals surface area contributed by atoms with E-state index < -0.39 is 7.04 Å². The van der Waals surface area contributed by atoms with Crippen LogP contribution in [0.5, 0.6) is 11.5 Å². The monoisotopic (exact) mass is 420 g/mol. The zero-order chi connectivity index (χ0) is 23.9. The van der Waals surface area contributed by atoms with Crippen LogP contribution in [0.3, 0.4) is 0 Å². The lowest BCUT2D eigenvalue weighted by Gasteiger charge is -2.33. The van der Waals surface area contributed by atoms with Gasteiger partial charge in [0.15, 0.2) is 11.5 Å². The topological polar surface area (TPSA) is 57.8 Å². The van der Waals surface area contributed by atoms with Crippen molar-refractivity contribution in [2.24, 2.45) is 0 Å². The van der Waals surface area contributed by atoms with E-state index in [2.05, 4.69) is 9.88 Å². The number of nitrogens with one attached hydrogen (secondary N) is 1. The molecule has 0 atom stereocenters. The summed E-state index contributed by atoms with van der Waals surface area (Å²) in [5, 5.41) is 1.06. The minimum Gasteiger partial charge on any atom is -0.493 e. The molecule has 1 saturated heterocycles. The Balaban J connectivity index is 1.64. The SMILES string of the molecule is [2H]C([2H])([2H])Oc1cc2c(cc1OC)CN(c1cccc3[nH]ccc13)C=C2C(=O)N1CCCCC1. The van der Waals surface area contributed by atoms with Gasteiger partial charge in [0.25, 0.3) is 5.91 Å². The maximum atomic E-state index is 13.7. The van der Waals surface area contributed by atoms with E-state index in [0.717, 1.165) is 41.4 Å². The predicted octanol–water partition coefficient (Wildman–Crippen LogP) is 4.56. The number of benzene rings is 2. The van der Waals surface area contributed by atoms with Crippen molar-refractivity contribution in [3.8, 4) is 11.5 Å². The Bertz CT molecular complexity index is 1260. The normalized spacial score (nSPS) is 18.0. The summed E-state index contributed by atoms with van der Waals surface area (Å²) in [6.07, 6.45) is 6.86. The first-order valence-electron chi connectivity index (χ1n) is 12.1. The molecular weight excluding hydrogens is 390 g/mol. The van der Waals surface area contributed by atoms with E-state index in [1.807, 2.05) is 41.6 Å². The van der Waals surface area contributed by atoms with Gasteiger partial charge in [-0.25, -0.2) is 0 Å². The number of ether oxygens (including phenoxy) is 2.